The summed E-state index contributed by atoms with van der Waals surface area (Å²) in [6, 6.07) is 0.413. The van der Waals surface area contributed by atoms with Crippen molar-refractivity contribution < 1.29 is 4.79 Å². The van der Waals surface area contributed by atoms with Crippen molar-refractivity contribution in [3.63, 3.8) is 0 Å². The van der Waals surface area contributed by atoms with Gasteiger partial charge in [-0.05, 0) is 37.7 Å². The fourth-order valence-electron chi connectivity index (χ4n) is 2.39. The van der Waals surface area contributed by atoms with Gasteiger partial charge in [-0.25, -0.2) is 0 Å². The van der Waals surface area contributed by atoms with E-state index in [1.54, 1.807) is 0 Å². The molecule has 0 radical (unpaired) electrons. The SMILES string of the molecule is C=CC1=C(CC)C(=O)N([C@@H](C)C2CC2)C1. The molecule has 0 aromatic rings. The van der Waals surface area contributed by atoms with E-state index in [1.807, 2.05) is 17.9 Å². The van der Waals surface area contributed by atoms with Crippen molar-refractivity contribution in [2.45, 2.75) is 39.2 Å². The number of hydrogen-bond donors (Lipinski definition) is 0. The molecule has 0 saturated heterocycles. The van der Waals surface area contributed by atoms with Crippen molar-refractivity contribution in [2.75, 3.05) is 6.54 Å². The van der Waals surface area contributed by atoms with E-state index in [2.05, 4.69) is 13.5 Å². The fourth-order valence-corrected chi connectivity index (χ4v) is 2.39. The van der Waals surface area contributed by atoms with E-state index in [0.717, 1.165) is 30.0 Å². The third kappa shape index (κ3) is 1.73. The van der Waals surface area contributed by atoms with Crippen LogP contribution in [0, 0.1) is 5.92 Å². The quantitative estimate of drug-likeness (QED) is 0.690. The van der Waals surface area contributed by atoms with Gasteiger partial charge in [-0.15, -0.1) is 0 Å². The minimum absolute atomic E-state index is 0.242. The standard InChI is InChI=1S/C13H19NO/c1-4-10-8-14(9(3)11-6-7-11)13(15)12(10)5-2/h4,9,11H,1,5-8H2,2-3H3/t9-/m0/s1. The van der Waals surface area contributed by atoms with E-state index in [0.29, 0.717) is 6.04 Å². The molecule has 1 amide bonds. The van der Waals surface area contributed by atoms with Crippen molar-refractivity contribution in [1.29, 1.82) is 0 Å². The number of amides is 1. The van der Waals surface area contributed by atoms with Crippen LogP contribution in [-0.2, 0) is 4.79 Å². The molecule has 2 heteroatoms. The van der Waals surface area contributed by atoms with Crippen LogP contribution in [0.2, 0.25) is 0 Å². The maximum absolute atomic E-state index is 12.1. The summed E-state index contributed by atoms with van der Waals surface area (Å²) in [4.78, 5) is 14.1. The van der Waals surface area contributed by atoms with Crippen LogP contribution in [0.5, 0.6) is 0 Å². The first-order valence-corrected chi connectivity index (χ1v) is 5.84. The maximum Gasteiger partial charge on any atom is 0.250 e. The van der Waals surface area contributed by atoms with Gasteiger partial charge >= 0.3 is 0 Å². The Kier molecular flexibility index (Phi) is 2.68. The Hall–Kier alpha value is -1.05. The topological polar surface area (TPSA) is 20.3 Å². The van der Waals surface area contributed by atoms with Crippen molar-refractivity contribution in [3.05, 3.63) is 23.8 Å². The Balaban J connectivity index is 2.14. The number of rotatable bonds is 4. The molecule has 1 aliphatic carbocycles. The summed E-state index contributed by atoms with van der Waals surface area (Å²) in [5.41, 5.74) is 2.10. The first-order chi connectivity index (χ1) is 7.19. The minimum Gasteiger partial charge on any atom is -0.332 e. The molecule has 15 heavy (non-hydrogen) atoms. The van der Waals surface area contributed by atoms with Gasteiger partial charge in [-0.2, -0.15) is 0 Å². The molecule has 0 bridgehead atoms. The second-order valence-corrected chi connectivity index (χ2v) is 4.57. The van der Waals surface area contributed by atoms with Crippen LogP contribution in [0.15, 0.2) is 23.8 Å². The van der Waals surface area contributed by atoms with E-state index in [9.17, 15) is 4.79 Å². The highest BCUT2D eigenvalue weighted by Gasteiger charge is 2.38. The van der Waals surface area contributed by atoms with Crippen LogP contribution in [0.25, 0.3) is 0 Å². The first-order valence-electron chi connectivity index (χ1n) is 5.84. The second-order valence-electron chi connectivity index (χ2n) is 4.57. The van der Waals surface area contributed by atoms with Gasteiger partial charge in [0.25, 0.3) is 5.91 Å². The lowest BCUT2D eigenvalue weighted by Gasteiger charge is -2.24. The van der Waals surface area contributed by atoms with Gasteiger partial charge in [0.1, 0.15) is 0 Å². The lowest BCUT2D eigenvalue weighted by atomic mass is 10.1. The third-order valence-electron chi connectivity index (χ3n) is 3.64. The van der Waals surface area contributed by atoms with Gasteiger partial charge in [0.05, 0.1) is 0 Å². The highest BCUT2D eigenvalue weighted by atomic mass is 16.2. The Labute approximate surface area is 91.6 Å². The molecule has 1 saturated carbocycles. The third-order valence-corrected chi connectivity index (χ3v) is 3.64. The molecule has 1 heterocycles. The van der Waals surface area contributed by atoms with Gasteiger partial charge in [0.15, 0.2) is 0 Å². The largest absolute Gasteiger partial charge is 0.332 e. The zero-order chi connectivity index (χ0) is 11.0. The maximum atomic E-state index is 12.1. The van der Waals surface area contributed by atoms with Crippen molar-refractivity contribution >= 4 is 5.91 Å². The highest BCUT2D eigenvalue weighted by molar-refractivity contribution is 5.97. The first kappa shape index (κ1) is 10.5. The lowest BCUT2D eigenvalue weighted by molar-refractivity contribution is -0.127. The van der Waals surface area contributed by atoms with Crippen LogP contribution >= 0.6 is 0 Å². The molecule has 0 unspecified atom stereocenters. The number of carbonyl (C=O) groups excluding carboxylic acids is 1. The number of carbonyl (C=O) groups is 1. The van der Waals surface area contributed by atoms with Crippen LogP contribution in [0.4, 0.5) is 0 Å². The van der Waals surface area contributed by atoms with Crippen molar-refractivity contribution in [3.8, 4) is 0 Å². The van der Waals surface area contributed by atoms with Gasteiger partial charge in [-0.3, -0.25) is 4.79 Å². The van der Waals surface area contributed by atoms with Gasteiger partial charge in [0.2, 0.25) is 0 Å². The van der Waals surface area contributed by atoms with Crippen molar-refractivity contribution in [1.82, 2.24) is 4.90 Å². The zero-order valence-corrected chi connectivity index (χ0v) is 9.62. The second kappa shape index (κ2) is 3.84. The Morgan fingerprint density at radius 1 is 1.60 bits per heavy atom. The zero-order valence-electron chi connectivity index (χ0n) is 9.62. The van der Waals surface area contributed by atoms with E-state index in [-0.39, 0.29) is 5.91 Å². The summed E-state index contributed by atoms with van der Waals surface area (Å²) in [5, 5.41) is 0. The summed E-state index contributed by atoms with van der Waals surface area (Å²) >= 11 is 0. The van der Waals surface area contributed by atoms with Crippen molar-refractivity contribution in [2.24, 2.45) is 5.92 Å². The minimum atomic E-state index is 0.242. The van der Waals surface area contributed by atoms with Crippen LogP contribution in [-0.4, -0.2) is 23.4 Å². The molecule has 1 aliphatic heterocycles. The molecule has 0 spiro atoms. The molecule has 0 aromatic heterocycles. The van der Waals surface area contributed by atoms with E-state index in [4.69, 9.17) is 0 Å². The molecule has 82 valence electrons. The lowest BCUT2D eigenvalue weighted by Crippen LogP contribution is -2.37. The molecule has 0 aromatic carbocycles. The summed E-state index contributed by atoms with van der Waals surface area (Å²) < 4.78 is 0. The Morgan fingerprint density at radius 2 is 2.27 bits per heavy atom. The van der Waals surface area contributed by atoms with Crippen LogP contribution < -0.4 is 0 Å². The molecule has 0 N–H and O–H groups in total. The Morgan fingerprint density at radius 3 is 2.67 bits per heavy atom. The molecular formula is C13H19NO. The molecule has 2 rings (SSSR count). The predicted octanol–water partition coefficient (Wildman–Crippen LogP) is 2.52. The summed E-state index contributed by atoms with van der Waals surface area (Å²) in [6.45, 7) is 8.79. The molecule has 2 nitrogen and oxygen atoms in total. The average molecular weight is 205 g/mol. The predicted molar refractivity (Wildman–Crippen MR) is 61.4 cm³/mol. The summed E-state index contributed by atoms with van der Waals surface area (Å²) in [6.07, 6.45) is 5.25. The Bertz CT molecular complexity index is 325. The van der Waals surface area contributed by atoms with E-state index < -0.39 is 0 Å². The average Bonchev–Trinajstić information content (AvgIpc) is 3.02. The number of nitrogens with zero attached hydrogens (tertiary/aromatic N) is 1. The highest BCUT2D eigenvalue weighted by Crippen LogP contribution is 2.37. The molecule has 1 atom stereocenters. The van der Waals surface area contributed by atoms with Crippen LogP contribution in [0.3, 0.4) is 0 Å². The van der Waals surface area contributed by atoms with Gasteiger partial charge in [-0.1, -0.05) is 19.6 Å². The van der Waals surface area contributed by atoms with Gasteiger partial charge in [0, 0.05) is 18.2 Å². The van der Waals surface area contributed by atoms with E-state index in [1.165, 1.54) is 12.8 Å². The molecule has 1 fully saturated rings. The summed E-state index contributed by atoms with van der Waals surface area (Å²) in [5.74, 6) is 0.989. The monoisotopic (exact) mass is 205 g/mol. The summed E-state index contributed by atoms with van der Waals surface area (Å²) in [7, 11) is 0. The molecule has 2 aliphatic rings. The van der Waals surface area contributed by atoms with E-state index >= 15 is 0 Å². The number of hydrogen-bond acceptors (Lipinski definition) is 1. The van der Waals surface area contributed by atoms with Gasteiger partial charge < -0.3 is 4.90 Å². The normalized spacial score (nSPS) is 23.6. The molecular weight excluding hydrogens is 186 g/mol. The fraction of sp³-hybridized carbons (Fsp3) is 0.615. The van der Waals surface area contributed by atoms with Crippen LogP contribution in [0.1, 0.15) is 33.1 Å². The smallest absolute Gasteiger partial charge is 0.250 e.